The number of rotatable bonds is 3. The van der Waals surface area contributed by atoms with E-state index in [2.05, 4.69) is 50.1 Å². The molecule has 2 atom stereocenters. The van der Waals surface area contributed by atoms with Gasteiger partial charge in [-0.3, -0.25) is 4.79 Å². The lowest BCUT2D eigenvalue weighted by atomic mass is 9.94. The molecule has 2 nitrogen and oxygen atoms in total. The molecule has 0 radical (unpaired) electrons. The maximum Gasteiger partial charge on any atom is 0.252 e. The highest BCUT2D eigenvalue weighted by atomic mass is 127. The van der Waals surface area contributed by atoms with Crippen molar-refractivity contribution in [1.82, 2.24) is 5.32 Å². The van der Waals surface area contributed by atoms with Crippen molar-refractivity contribution in [1.29, 1.82) is 0 Å². The Bertz CT molecular complexity index is 469. The van der Waals surface area contributed by atoms with Crippen LogP contribution in [0.1, 0.15) is 36.0 Å². The average Bonchev–Trinajstić information content (AvgIpc) is 2.41. The van der Waals surface area contributed by atoms with E-state index in [1.165, 1.54) is 12.8 Å². The number of halogens is 2. The molecule has 1 saturated carbocycles. The third-order valence-corrected chi connectivity index (χ3v) is 6.00. The molecule has 0 spiro atoms. The molecule has 2 unspecified atom stereocenters. The van der Waals surface area contributed by atoms with Gasteiger partial charge in [-0.1, -0.05) is 22.4 Å². The molecule has 1 aliphatic rings. The Morgan fingerprint density at radius 2 is 2.26 bits per heavy atom. The molecule has 1 aromatic carbocycles. The van der Waals surface area contributed by atoms with Crippen molar-refractivity contribution in [3.8, 4) is 0 Å². The van der Waals surface area contributed by atoms with Crippen LogP contribution < -0.4 is 5.32 Å². The van der Waals surface area contributed by atoms with E-state index < -0.39 is 0 Å². The molecule has 1 amide bonds. The van der Waals surface area contributed by atoms with Crippen LogP contribution in [0.15, 0.2) is 22.7 Å². The number of nitrogens with one attached hydrogen (secondary N) is 1. The van der Waals surface area contributed by atoms with Gasteiger partial charge in [0.2, 0.25) is 0 Å². The van der Waals surface area contributed by atoms with Crippen molar-refractivity contribution in [2.45, 2.75) is 37.0 Å². The van der Waals surface area contributed by atoms with Crippen LogP contribution in [-0.4, -0.2) is 23.5 Å². The first kappa shape index (κ1) is 15.6. The first-order chi connectivity index (χ1) is 9.10. The molecule has 19 heavy (non-hydrogen) atoms. The summed E-state index contributed by atoms with van der Waals surface area (Å²) >= 11 is 7.55. The summed E-state index contributed by atoms with van der Waals surface area (Å²) in [5.41, 5.74) is 0.765. The summed E-state index contributed by atoms with van der Waals surface area (Å²) in [7, 11) is 0. The summed E-state index contributed by atoms with van der Waals surface area (Å²) in [6, 6.07) is 6.15. The minimum absolute atomic E-state index is 0.0532. The summed E-state index contributed by atoms with van der Waals surface area (Å²) in [5.74, 6) is 0.0532. The SMILES string of the molecule is CSC1CCCC(NC(=O)c2cc(Br)ccc2I)C1. The minimum Gasteiger partial charge on any atom is -0.349 e. The smallest absolute Gasteiger partial charge is 0.252 e. The van der Waals surface area contributed by atoms with Gasteiger partial charge < -0.3 is 5.32 Å². The zero-order valence-electron chi connectivity index (χ0n) is 10.8. The molecule has 0 aromatic heterocycles. The Morgan fingerprint density at radius 1 is 1.47 bits per heavy atom. The number of carbonyl (C=O) groups is 1. The van der Waals surface area contributed by atoms with E-state index in [1.54, 1.807) is 0 Å². The molecule has 0 aliphatic heterocycles. The molecular weight excluding hydrogens is 437 g/mol. The monoisotopic (exact) mass is 453 g/mol. The second-order valence-corrected chi connectivity index (χ2v) is 8.03. The van der Waals surface area contributed by atoms with Crippen molar-refractivity contribution in [3.63, 3.8) is 0 Å². The van der Waals surface area contributed by atoms with Gasteiger partial charge in [0.05, 0.1) is 5.56 Å². The number of thioether (sulfide) groups is 1. The minimum atomic E-state index is 0.0532. The lowest BCUT2D eigenvalue weighted by molar-refractivity contribution is 0.0927. The molecule has 2 rings (SSSR count). The molecule has 0 saturated heterocycles. The standard InChI is InChI=1S/C14H17BrINOS/c1-19-11-4-2-3-10(8-11)17-14(18)12-7-9(15)5-6-13(12)16/h5-7,10-11H,2-4,8H2,1H3,(H,17,18). The number of hydrogen-bond acceptors (Lipinski definition) is 2. The predicted molar refractivity (Wildman–Crippen MR) is 93.9 cm³/mol. The molecule has 5 heteroatoms. The predicted octanol–water partition coefficient (Wildman–Crippen LogP) is 4.46. The maximum atomic E-state index is 12.3. The van der Waals surface area contributed by atoms with E-state index in [0.29, 0.717) is 11.3 Å². The Kier molecular flexibility index (Phi) is 6.02. The zero-order chi connectivity index (χ0) is 13.8. The van der Waals surface area contributed by atoms with E-state index in [-0.39, 0.29) is 5.91 Å². The van der Waals surface area contributed by atoms with Crippen LogP contribution in [0.2, 0.25) is 0 Å². The van der Waals surface area contributed by atoms with Gasteiger partial charge in [-0.15, -0.1) is 0 Å². The molecule has 1 aliphatic carbocycles. The molecule has 0 bridgehead atoms. The maximum absolute atomic E-state index is 12.3. The van der Waals surface area contributed by atoms with Crippen molar-refractivity contribution in [3.05, 3.63) is 31.8 Å². The second kappa shape index (κ2) is 7.31. The van der Waals surface area contributed by atoms with E-state index in [0.717, 1.165) is 26.4 Å². The highest BCUT2D eigenvalue weighted by molar-refractivity contribution is 14.1. The van der Waals surface area contributed by atoms with Crippen LogP contribution in [0, 0.1) is 3.57 Å². The quantitative estimate of drug-likeness (QED) is 0.684. The van der Waals surface area contributed by atoms with Crippen molar-refractivity contribution >= 4 is 56.2 Å². The van der Waals surface area contributed by atoms with E-state index in [9.17, 15) is 4.79 Å². The normalized spacial score (nSPS) is 23.1. The van der Waals surface area contributed by atoms with Crippen LogP contribution in [0.5, 0.6) is 0 Å². The molecule has 1 fully saturated rings. The van der Waals surface area contributed by atoms with E-state index in [4.69, 9.17) is 0 Å². The lowest BCUT2D eigenvalue weighted by Gasteiger charge is -2.28. The van der Waals surface area contributed by atoms with Crippen LogP contribution in [0.25, 0.3) is 0 Å². The summed E-state index contributed by atoms with van der Waals surface area (Å²) in [6.07, 6.45) is 6.85. The lowest BCUT2D eigenvalue weighted by Crippen LogP contribution is -2.39. The fourth-order valence-corrected chi connectivity index (χ4v) is 4.19. The molecule has 104 valence electrons. The summed E-state index contributed by atoms with van der Waals surface area (Å²) in [4.78, 5) is 12.3. The van der Waals surface area contributed by atoms with E-state index >= 15 is 0 Å². The summed E-state index contributed by atoms with van der Waals surface area (Å²) in [5, 5.41) is 3.88. The highest BCUT2D eigenvalue weighted by Gasteiger charge is 2.23. The number of carbonyl (C=O) groups excluding carboxylic acids is 1. The Morgan fingerprint density at radius 3 is 3.00 bits per heavy atom. The van der Waals surface area contributed by atoms with Crippen molar-refractivity contribution in [2.75, 3.05) is 6.26 Å². The van der Waals surface area contributed by atoms with Gasteiger partial charge in [0.25, 0.3) is 5.91 Å². The average molecular weight is 454 g/mol. The number of hydrogen-bond donors (Lipinski definition) is 1. The van der Waals surface area contributed by atoms with Gasteiger partial charge in [-0.2, -0.15) is 11.8 Å². The molecular formula is C14H17BrINOS. The molecule has 1 aromatic rings. The number of amides is 1. The van der Waals surface area contributed by atoms with Gasteiger partial charge in [-0.25, -0.2) is 0 Å². The van der Waals surface area contributed by atoms with E-state index in [1.807, 2.05) is 30.0 Å². The number of benzene rings is 1. The van der Waals surface area contributed by atoms with Crippen molar-refractivity contribution in [2.24, 2.45) is 0 Å². The van der Waals surface area contributed by atoms with Crippen LogP contribution in [0.4, 0.5) is 0 Å². The van der Waals surface area contributed by atoms with Crippen LogP contribution in [0.3, 0.4) is 0 Å². The second-order valence-electron chi connectivity index (χ2n) is 4.82. The Hall–Kier alpha value is 0.250. The highest BCUT2D eigenvalue weighted by Crippen LogP contribution is 2.27. The molecule has 0 heterocycles. The Balaban J connectivity index is 2.02. The summed E-state index contributed by atoms with van der Waals surface area (Å²) in [6.45, 7) is 0. The first-order valence-electron chi connectivity index (χ1n) is 6.39. The fourth-order valence-electron chi connectivity index (χ4n) is 2.42. The third-order valence-electron chi connectivity index (χ3n) is 3.47. The van der Waals surface area contributed by atoms with Gasteiger partial charge in [0.15, 0.2) is 0 Å². The van der Waals surface area contributed by atoms with Crippen molar-refractivity contribution < 1.29 is 4.79 Å². The van der Waals surface area contributed by atoms with Crippen LogP contribution in [-0.2, 0) is 0 Å². The topological polar surface area (TPSA) is 29.1 Å². The van der Waals surface area contributed by atoms with Crippen LogP contribution >= 0.6 is 50.3 Å². The zero-order valence-corrected chi connectivity index (χ0v) is 15.3. The largest absolute Gasteiger partial charge is 0.349 e. The fraction of sp³-hybridized carbons (Fsp3) is 0.500. The summed E-state index contributed by atoms with van der Waals surface area (Å²) < 4.78 is 1.94. The third kappa shape index (κ3) is 4.36. The first-order valence-corrected chi connectivity index (χ1v) is 9.55. The van der Waals surface area contributed by atoms with Gasteiger partial charge in [0.1, 0.15) is 0 Å². The van der Waals surface area contributed by atoms with Gasteiger partial charge in [-0.05, 0) is 66.3 Å². The Labute approximate surface area is 140 Å². The van der Waals surface area contributed by atoms with Gasteiger partial charge >= 0.3 is 0 Å². The van der Waals surface area contributed by atoms with Gasteiger partial charge in [0, 0.05) is 19.3 Å². The molecule has 1 N–H and O–H groups in total.